The van der Waals surface area contributed by atoms with Crippen LogP contribution in [0.2, 0.25) is 0 Å². The molecule has 0 unspecified atom stereocenters. The van der Waals surface area contributed by atoms with Gasteiger partial charge in [0, 0.05) is 51.7 Å². The van der Waals surface area contributed by atoms with E-state index in [2.05, 4.69) is 19.8 Å². The van der Waals surface area contributed by atoms with Crippen molar-refractivity contribution >= 4 is 11.7 Å². The summed E-state index contributed by atoms with van der Waals surface area (Å²) in [6.07, 6.45) is 0.967. The number of alkyl halides is 3. The van der Waals surface area contributed by atoms with Crippen molar-refractivity contribution in [2.45, 2.75) is 24.6 Å². The molecule has 2 aliphatic heterocycles. The summed E-state index contributed by atoms with van der Waals surface area (Å²) in [6.45, 7) is 3.86. The Labute approximate surface area is 184 Å². The van der Waals surface area contributed by atoms with Crippen LogP contribution in [0.5, 0.6) is 0 Å². The van der Waals surface area contributed by atoms with Crippen LogP contribution in [0.1, 0.15) is 24.0 Å². The maximum Gasteiger partial charge on any atom is 0.416 e. The van der Waals surface area contributed by atoms with E-state index in [9.17, 15) is 23.1 Å². The molecule has 1 aromatic carbocycles. The lowest BCUT2D eigenvalue weighted by Crippen LogP contribution is -2.52. The summed E-state index contributed by atoms with van der Waals surface area (Å²) in [5.41, 5.74) is -1.89. The summed E-state index contributed by atoms with van der Waals surface area (Å²) >= 11 is 0. The fourth-order valence-electron chi connectivity index (χ4n) is 4.28. The number of hydrogen-bond acceptors (Lipinski definition) is 6. The van der Waals surface area contributed by atoms with E-state index in [4.69, 9.17) is 0 Å². The van der Waals surface area contributed by atoms with Crippen LogP contribution < -0.4 is 4.90 Å². The van der Waals surface area contributed by atoms with Crippen LogP contribution in [-0.2, 0) is 16.6 Å². The maximum absolute atomic E-state index is 13.0. The van der Waals surface area contributed by atoms with Gasteiger partial charge in [0.1, 0.15) is 5.82 Å². The number of nitrogens with zero attached hydrogens (tertiary/aromatic N) is 5. The molecule has 0 radical (unpaired) electrons. The number of rotatable bonds is 4. The van der Waals surface area contributed by atoms with E-state index >= 15 is 0 Å². The number of anilines is 1. The number of halogens is 3. The largest absolute Gasteiger partial charge is 0.416 e. The molecule has 0 spiro atoms. The lowest BCUT2D eigenvalue weighted by molar-refractivity contribution is -0.137. The number of hydrogen-bond donors (Lipinski definition) is 1. The van der Waals surface area contributed by atoms with Crippen LogP contribution >= 0.6 is 0 Å². The zero-order valence-electron chi connectivity index (χ0n) is 17.6. The third kappa shape index (κ3) is 5.02. The second kappa shape index (κ2) is 9.03. The summed E-state index contributed by atoms with van der Waals surface area (Å²) in [5.74, 6) is 0.799. The highest BCUT2D eigenvalue weighted by Crippen LogP contribution is 2.36. The average molecular weight is 449 g/mol. The molecule has 2 fully saturated rings. The van der Waals surface area contributed by atoms with Crippen LogP contribution in [0.4, 0.5) is 19.0 Å². The Morgan fingerprint density at radius 3 is 2.41 bits per heavy atom. The average Bonchev–Trinajstić information content (AvgIpc) is 2.80. The summed E-state index contributed by atoms with van der Waals surface area (Å²) in [6, 6.07) is 4.83. The number of aromatic nitrogens is 2. The van der Waals surface area contributed by atoms with Crippen molar-refractivity contribution in [3.63, 3.8) is 0 Å². The Bertz CT molecular complexity index is 925. The van der Waals surface area contributed by atoms with E-state index in [1.165, 1.54) is 12.1 Å². The van der Waals surface area contributed by atoms with Crippen molar-refractivity contribution in [2.75, 3.05) is 50.7 Å². The molecule has 32 heavy (non-hydrogen) atoms. The van der Waals surface area contributed by atoms with Gasteiger partial charge in [-0.2, -0.15) is 13.2 Å². The maximum atomic E-state index is 13.0. The van der Waals surface area contributed by atoms with Crippen LogP contribution in [0, 0.1) is 0 Å². The minimum absolute atomic E-state index is 0.0240. The molecule has 0 aliphatic carbocycles. The van der Waals surface area contributed by atoms with Crippen molar-refractivity contribution in [1.29, 1.82) is 0 Å². The first kappa shape index (κ1) is 22.5. The van der Waals surface area contributed by atoms with Crippen molar-refractivity contribution in [2.24, 2.45) is 0 Å². The Morgan fingerprint density at radius 1 is 1.06 bits per heavy atom. The number of carbonyl (C=O) groups is 1. The van der Waals surface area contributed by atoms with Crippen molar-refractivity contribution in [1.82, 2.24) is 19.8 Å². The summed E-state index contributed by atoms with van der Waals surface area (Å²) in [7, 11) is 0. The van der Waals surface area contributed by atoms with Gasteiger partial charge in [-0.05, 0) is 30.5 Å². The predicted octanol–water partition coefficient (Wildman–Crippen LogP) is 2.13. The van der Waals surface area contributed by atoms with Crippen molar-refractivity contribution < 1.29 is 23.1 Å². The zero-order valence-corrected chi connectivity index (χ0v) is 17.6. The molecule has 10 heteroatoms. The van der Waals surface area contributed by atoms with Gasteiger partial charge in [0.15, 0.2) is 0 Å². The highest BCUT2D eigenvalue weighted by molar-refractivity contribution is 5.78. The molecule has 1 N–H and O–H groups in total. The van der Waals surface area contributed by atoms with E-state index in [0.717, 1.165) is 44.1 Å². The third-order valence-corrected chi connectivity index (χ3v) is 6.28. The van der Waals surface area contributed by atoms with Crippen molar-refractivity contribution in [3.8, 4) is 0 Å². The Kier molecular flexibility index (Phi) is 6.34. The molecule has 0 saturated carbocycles. The van der Waals surface area contributed by atoms with Gasteiger partial charge < -0.3 is 14.9 Å². The van der Waals surface area contributed by atoms with E-state index in [0.29, 0.717) is 13.1 Å². The topological polar surface area (TPSA) is 72.8 Å². The Morgan fingerprint density at radius 2 is 1.78 bits per heavy atom. The van der Waals surface area contributed by atoms with Gasteiger partial charge in [-0.25, -0.2) is 4.98 Å². The van der Waals surface area contributed by atoms with Crippen LogP contribution in [0.25, 0.3) is 0 Å². The first-order valence-electron chi connectivity index (χ1n) is 10.7. The normalized spacial score (nSPS) is 19.8. The van der Waals surface area contributed by atoms with Crippen molar-refractivity contribution in [3.05, 3.63) is 54.0 Å². The minimum Gasteiger partial charge on any atom is -0.385 e. The molecular weight excluding hydrogens is 423 g/mol. The third-order valence-electron chi connectivity index (χ3n) is 6.28. The molecule has 4 rings (SSSR count). The second-order valence-electron chi connectivity index (χ2n) is 8.32. The number of carbonyl (C=O) groups excluding carboxylic acids is 1. The summed E-state index contributed by atoms with van der Waals surface area (Å²) in [5, 5.41) is 11.0. The highest BCUT2D eigenvalue weighted by Gasteiger charge is 2.38. The second-order valence-corrected chi connectivity index (χ2v) is 8.32. The molecule has 172 valence electrons. The molecule has 0 atom stereocenters. The zero-order chi connectivity index (χ0) is 22.8. The SMILES string of the molecule is O=C(CN1CCN(c2cnccn2)CC1)N1CCC(O)(c2cccc(C(F)(F)F)c2)CC1. The van der Waals surface area contributed by atoms with Gasteiger partial charge >= 0.3 is 6.18 Å². The predicted molar refractivity (Wildman–Crippen MR) is 112 cm³/mol. The van der Waals surface area contributed by atoms with Gasteiger partial charge in [0.05, 0.1) is 23.9 Å². The number of benzene rings is 1. The fourth-order valence-corrected chi connectivity index (χ4v) is 4.28. The fraction of sp³-hybridized carbons (Fsp3) is 0.500. The van der Waals surface area contributed by atoms with E-state index in [1.54, 1.807) is 23.5 Å². The highest BCUT2D eigenvalue weighted by atomic mass is 19.4. The molecule has 7 nitrogen and oxygen atoms in total. The standard InChI is InChI=1S/C22H26F3N5O2/c23-22(24,25)18-3-1-2-17(14-18)21(32)4-8-30(9-5-21)20(31)16-28-10-12-29(13-11-28)19-15-26-6-7-27-19/h1-3,6-7,14-15,32H,4-5,8-13,16H2. The monoisotopic (exact) mass is 449 g/mol. The molecule has 2 saturated heterocycles. The lowest BCUT2D eigenvalue weighted by Gasteiger charge is -2.40. The van der Waals surface area contributed by atoms with Gasteiger partial charge in [-0.15, -0.1) is 0 Å². The van der Waals surface area contributed by atoms with Gasteiger partial charge in [0.25, 0.3) is 0 Å². The number of piperidine rings is 1. The quantitative estimate of drug-likeness (QED) is 0.771. The Balaban J connectivity index is 1.29. The molecule has 3 heterocycles. The van der Waals surface area contributed by atoms with E-state index < -0.39 is 17.3 Å². The molecule has 2 aliphatic rings. The smallest absolute Gasteiger partial charge is 0.385 e. The number of amides is 1. The van der Waals surface area contributed by atoms with Gasteiger partial charge in [-0.3, -0.25) is 14.7 Å². The first-order chi connectivity index (χ1) is 15.2. The van der Waals surface area contributed by atoms with E-state index in [-0.39, 0.29) is 30.9 Å². The lowest BCUT2D eigenvalue weighted by atomic mass is 9.83. The summed E-state index contributed by atoms with van der Waals surface area (Å²) < 4.78 is 39.1. The van der Waals surface area contributed by atoms with Gasteiger partial charge in [0.2, 0.25) is 5.91 Å². The van der Waals surface area contributed by atoms with E-state index in [1.807, 2.05) is 0 Å². The van der Waals surface area contributed by atoms with Crippen LogP contribution in [-0.4, -0.2) is 76.6 Å². The molecular formula is C22H26F3N5O2. The van der Waals surface area contributed by atoms with Crippen LogP contribution in [0.15, 0.2) is 42.9 Å². The Hall–Kier alpha value is -2.72. The number of piperazine rings is 1. The number of aliphatic hydroxyl groups is 1. The minimum atomic E-state index is -4.46. The molecule has 1 aromatic heterocycles. The molecule has 2 aromatic rings. The first-order valence-corrected chi connectivity index (χ1v) is 10.7. The van der Waals surface area contributed by atoms with Crippen LogP contribution in [0.3, 0.4) is 0 Å². The van der Waals surface area contributed by atoms with Gasteiger partial charge in [-0.1, -0.05) is 12.1 Å². The molecule has 1 amide bonds. The molecule has 0 bridgehead atoms. The summed E-state index contributed by atoms with van der Waals surface area (Å²) in [4.78, 5) is 27.1. The number of likely N-dealkylation sites (tertiary alicyclic amines) is 1.